The number of imidazole rings is 1. The third kappa shape index (κ3) is 3.08. The van der Waals surface area contributed by atoms with Crippen molar-refractivity contribution in [3.8, 4) is 6.07 Å². The van der Waals surface area contributed by atoms with Gasteiger partial charge in [0.25, 0.3) is 0 Å². The summed E-state index contributed by atoms with van der Waals surface area (Å²) in [6.07, 6.45) is 3.13. The Morgan fingerprint density at radius 2 is 2.20 bits per heavy atom. The van der Waals surface area contributed by atoms with Crippen LogP contribution < -0.4 is 4.90 Å². The number of nitriles is 1. The van der Waals surface area contributed by atoms with E-state index in [-0.39, 0.29) is 0 Å². The summed E-state index contributed by atoms with van der Waals surface area (Å²) in [6, 6.07) is 14.1. The second-order valence-corrected chi connectivity index (χ2v) is 7.50. The van der Waals surface area contributed by atoms with Crippen LogP contribution in [-0.2, 0) is 0 Å². The minimum Gasteiger partial charge on any atom is -0.371 e. The molecule has 3 aromatic rings. The van der Waals surface area contributed by atoms with Crippen molar-refractivity contribution >= 4 is 40.1 Å². The van der Waals surface area contributed by atoms with Crippen LogP contribution in [0.2, 0.25) is 5.02 Å². The first-order valence-corrected chi connectivity index (χ1v) is 9.76. The summed E-state index contributed by atoms with van der Waals surface area (Å²) in [5, 5.41) is 9.52. The second-order valence-electron chi connectivity index (χ2n) is 6.21. The molecule has 0 unspecified atom stereocenters. The van der Waals surface area contributed by atoms with Gasteiger partial charge in [-0.05, 0) is 49.1 Å². The molecule has 1 aliphatic rings. The van der Waals surface area contributed by atoms with Crippen LogP contribution in [0.4, 0.5) is 5.69 Å². The molecule has 0 spiro atoms. The molecule has 6 heteroatoms. The first-order valence-electron chi connectivity index (χ1n) is 8.16. The summed E-state index contributed by atoms with van der Waals surface area (Å²) in [5.41, 5.74) is 3.70. The summed E-state index contributed by atoms with van der Waals surface area (Å²) in [7, 11) is 0. The number of anilines is 1. The fourth-order valence-electron chi connectivity index (χ4n) is 3.34. The van der Waals surface area contributed by atoms with Crippen molar-refractivity contribution in [1.29, 1.82) is 5.26 Å². The number of benzene rings is 2. The normalized spacial score (nSPS) is 17.2. The van der Waals surface area contributed by atoms with Crippen LogP contribution >= 0.6 is 23.4 Å². The first-order chi connectivity index (χ1) is 12.2. The zero-order valence-corrected chi connectivity index (χ0v) is 15.4. The Balaban J connectivity index is 1.56. The molecule has 4 nitrogen and oxygen atoms in total. The second kappa shape index (κ2) is 6.62. The zero-order chi connectivity index (χ0) is 17.4. The van der Waals surface area contributed by atoms with Gasteiger partial charge in [-0.25, -0.2) is 4.98 Å². The molecular formula is C19H17ClN4S. The van der Waals surface area contributed by atoms with Crippen molar-refractivity contribution in [2.24, 2.45) is 0 Å². The monoisotopic (exact) mass is 368 g/mol. The minimum absolute atomic E-state index is 0.375. The summed E-state index contributed by atoms with van der Waals surface area (Å²) in [4.78, 5) is 11.8. The molecule has 0 bridgehead atoms. The highest BCUT2D eigenvalue weighted by molar-refractivity contribution is 7.98. The number of aromatic amines is 1. The van der Waals surface area contributed by atoms with E-state index in [0.717, 1.165) is 42.1 Å². The number of rotatable bonds is 3. The van der Waals surface area contributed by atoms with Gasteiger partial charge in [0.05, 0.1) is 21.6 Å². The van der Waals surface area contributed by atoms with Crippen LogP contribution in [0.5, 0.6) is 0 Å². The maximum Gasteiger partial charge on any atom is 0.112 e. The van der Waals surface area contributed by atoms with Gasteiger partial charge in [0.2, 0.25) is 0 Å². The van der Waals surface area contributed by atoms with Crippen molar-refractivity contribution in [2.45, 2.75) is 17.2 Å². The Kier molecular flexibility index (Phi) is 4.32. The highest BCUT2D eigenvalue weighted by Crippen LogP contribution is 2.32. The van der Waals surface area contributed by atoms with Gasteiger partial charge in [-0.3, -0.25) is 0 Å². The van der Waals surface area contributed by atoms with Crippen molar-refractivity contribution < 1.29 is 0 Å². The number of H-pyrrole nitrogens is 1. The van der Waals surface area contributed by atoms with E-state index < -0.39 is 0 Å². The lowest BCUT2D eigenvalue weighted by Crippen LogP contribution is -2.19. The van der Waals surface area contributed by atoms with Crippen LogP contribution in [0.3, 0.4) is 0 Å². The van der Waals surface area contributed by atoms with Crippen LogP contribution in [0.15, 0.2) is 41.3 Å². The van der Waals surface area contributed by atoms with Crippen molar-refractivity contribution in [3.05, 3.63) is 52.8 Å². The van der Waals surface area contributed by atoms with Gasteiger partial charge in [0.15, 0.2) is 0 Å². The van der Waals surface area contributed by atoms with Crippen molar-refractivity contribution in [2.75, 3.05) is 24.2 Å². The van der Waals surface area contributed by atoms with E-state index in [2.05, 4.69) is 40.4 Å². The molecule has 1 fully saturated rings. The molecule has 2 aromatic carbocycles. The van der Waals surface area contributed by atoms with Crippen LogP contribution in [-0.4, -0.2) is 29.3 Å². The number of aromatic nitrogens is 2. The van der Waals surface area contributed by atoms with E-state index in [1.54, 1.807) is 17.8 Å². The summed E-state index contributed by atoms with van der Waals surface area (Å²) in [5.74, 6) is 1.43. The smallest absolute Gasteiger partial charge is 0.112 e. The van der Waals surface area contributed by atoms with E-state index in [1.807, 2.05) is 12.1 Å². The molecule has 4 rings (SSSR count). The largest absolute Gasteiger partial charge is 0.371 e. The Morgan fingerprint density at radius 1 is 1.32 bits per heavy atom. The Hall–Kier alpha value is -2.16. The molecule has 1 N–H and O–H groups in total. The number of nitrogens with one attached hydrogen (secondary N) is 1. The first kappa shape index (κ1) is 16.3. The van der Waals surface area contributed by atoms with Crippen molar-refractivity contribution in [3.63, 3.8) is 0 Å². The maximum atomic E-state index is 9.01. The van der Waals surface area contributed by atoms with Gasteiger partial charge < -0.3 is 9.88 Å². The summed E-state index contributed by atoms with van der Waals surface area (Å²) in [6.45, 7) is 1.86. The fourth-order valence-corrected chi connectivity index (χ4v) is 4.00. The number of nitrogens with zero attached hydrogens (tertiary/aromatic N) is 3. The van der Waals surface area contributed by atoms with Crippen LogP contribution in [0.1, 0.15) is 23.7 Å². The van der Waals surface area contributed by atoms with Gasteiger partial charge in [0.1, 0.15) is 11.9 Å². The Morgan fingerprint density at radius 3 is 2.96 bits per heavy atom. The van der Waals surface area contributed by atoms with Crippen LogP contribution in [0, 0.1) is 11.3 Å². The van der Waals surface area contributed by atoms with Gasteiger partial charge in [-0.1, -0.05) is 11.6 Å². The third-order valence-electron chi connectivity index (χ3n) is 4.72. The highest BCUT2D eigenvalue weighted by atomic mass is 35.5. The third-order valence-corrected chi connectivity index (χ3v) is 5.76. The predicted octanol–water partition coefficient (Wildman–Crippen LogP) is 4.80. The molecular weight excluding hydrogens is 352 g/mol. The van der Waals surface area contributed by atoms with Gasteiger partial charge >= 0.3 is 0 Å². The molecule has 0 saturated carbocycles. The molecule has 2 heterocycles. The van der Waals surface area contributed by atoms with E-state index in [1.165, 1.54) is 4.90 Å². The minimum atomic E-state index is 0.375. The quantitative estimate of drug-likeness (QED) is 0.674. The molecule has 1 aliphatic heterocycles. The summed E-state index contributed by atoms with van der Waals surface area (Å²) >= 11 is 7.91. The van der Waals surface area contributed by atoms with E-state index in [4.69, 9.17) is 21.8 Å². The fraction of sp³-hybridized carbons (Fsp3) is 0.263. The molecule has 0 aliphatic carbocycles. The number of hydrogen-bond acceptors (Lipinski definition) is 4. The number of halogens is 1. The van der Waals surface area contributed by atoms with E-state index in [0.29, 0.717) is 16.5 Å². The molecule has 0 radical (unpaired) electrons. The van der Waals surface area contributed by atoms with Crippen molar-refractivity contribution in [1.82, 2.24) is 9.97 Å². The molecule has 25 heavy (non-hydrogen) atoms. The van der Waals surface area contributed by atoms with E-state index in [9.17, 15) is 0 Å². The summed E-state index contributed by atoms with van der Waals surface area (Å²) < 4.78 is 0. The lowest BCUT2D eigenvalue weighted by atomic mass is 10.1. The topological polar surface area (TPSA) is 55.7 Å². The Bertz CT molecular complexity index is 975. The average Bonchev–Trinajstić information content (AvgIpc) is 3.27. The molecule has 1 saturated heterocycles. The van der Waals surface area contributed by atoms with E-state index >= 15 is 0 Å². The van der Waals surface area contributed by atoms with Gasteiger partial charge in [0, 0.05) is 29.6 Å². The number of fused-ring (bicyclic) bond motifs is 1. The standard InChI is InChI=1S/C19H17ClN4S/c1-25-15-4-5-17-18(9-15)23-19(22-17)13-6-7-24(11-13)14-3-2-12(10-21)16(20)8-14/h2-5,8-9,13H,6-7,11H2,1H3,(H,22,23)/t13-/m1/s1. The SMILES string of the molecule is CSc1ccc2nc([C@@H]3CCN(c4ccc(C#N)c(Cl)c4)C3)[nH]c2c1. The molecule has 126 valence electrons. The lowest BCUT2D eigenvalue weighted by Gasteiger charge is -2.18. The van der Waals surface area contributed by atoms with Crippen LogP contribution in [0.25, 0.3) is 11.0 Å². The van der Waals surface area contributed by atoms with Gasteiger partial charge in [-0.2, -0.15) is 5.26 Å². The Labute approximate surface area is 155 Å². The van der Waals surface area contributed by atoms with Gasteiger partial charge in [-0.15, -0.1) is 11.8 Å². The zero-order valence-electron chi connectivity index (χ0n) is 13.8. The molecule has 1 atom stereocenters. The predicted molar refractivity (Wildman–Crippen MR) is 104 cm³/mol. The average molecular weight is 369 g/mol. The number of hydrogen-bond donors (Lipinski definition) is 1. The maximum absolute atomic E-state index is 9.01. The molecule has 1 aromatic heterocycles. The number of thioether (sulfide) groups is 1. The molecule has 0 amide bonds. The lowest BCUT2D eigenvalue weighted by molar-refractivity contribution is 0.726. The highest BCUT2D eigenvalue weighted by Gasteiger charge is 2.27.